The molecule has 0 aliphatic heterocycles. The zero-order valence-corrected chi connectivity index (χ0v) is 8.47. The van der Waals surface area contributed by atoms with Crippen molar-refractivity contribution in [1.29, 1.82) is 0 Å². The fraction of sp³-hybridized carbons (Fsp3) is 0. The number of nitrogens with zero attached hydrogens (tertiary/aromatic N) is 2. The van der Waals surface area contributed by atoms with Gasteiger partial charge >= 0.3 is 0 Å². The fourth-order valence-electron chi connectivity index (χ4n) is 1.03. The molecule has 0 fully saturated rings. The molecule has 1 aromatic carbocycles. The van der Waals surface area contributed by atoms with E-state index in [1.807, 2.05) is 10.8 Å². The van der Waals surface area contributed by atoms with Crippen molar-refractivity contribution in [2.24, 2.45) is 0 Å². The monoisotopic (exact) mass is 270 g/mol. The molecule has 0 N–H and O–H groups in total. The number of imidazole rings is 1. The molecule has 0 bridgehead atoms. The lowest BCUT2D eigenvalue weighted by Gasteiger charge is -2.00. The summed E-state index contributed by atoms with van der Waals surface area (Å²) in [6, 6.07) is 8.30. The summed E-state index contributed by atoms with van der Waals surface area (Å²) in [7, 11) is 0. The Kier molecular flexibility index (Phi) is 2.12. The van der Waals surface area contributed by atoms with E-state index in [4.69, 9.17) is 0 Å². The van der Waals surface area contributed by atoms with Crippen LogP contribution < -0.4 is 0 Å². The first kappa shape index (κ1) is 7.79. The van der Waals surface area contributed by atoms with E-state index in [1.165, 1.54) is 3.57 Å². The van der Waals surface area contributed by atoms with Crippen molar-refractivity contribution < 1.29 is 0 Å². The van der Waals surface area contributed by atoms with Crippen LogP contribution in [0.25, 0.3) is 5.69 Å². The Labute approximate surface area is 84.4 Å². The quantitative estimate of drug-likeness (QED) is 0.728. The molecule has 1 aromatic heterocycles. The molecule has 2 rings (SSSR count). The number of hydrogen-bond donors (Lipinski definition) is 0. The molecule has 0 saturated heterocycles. The van der Waals surface area contributed by atoms with Crippen molar-refractivity contribution in [3.63, 3.8) is 0 Å². The largest absolute Gasteiger partial charge is 0.306 e. The van der Waals surface area contributed by atoms with Gasteiger partial charge in [-0.1, -0.05) is 0 Å². The summed E-state index contributed by atoms with van der Waals surface area (Å²) in [6.45, 7) is 0. The summed E-state index contributed by atoms with van der Waals surface area (Å²) in [6.07, 6.45) is 5.50. The molecule has 0 saturated carbocycles. The molecule has 2 nitrogen and oxygen atoms in total. The topological polar surface area (TPSA) is 17.8 Å². The highest BCUT2D eigenvalue weighted by atomic mass is 127. The van der Waals surface area contributed by atoms with Crippen molar-refractivity contribution in [2.75, 3.05) is 0 Å². The first-order valence-electron chi connectivity index (χ1n) is 3.60. The first-order chi connectivity index (χ1) is 5.86. The Morgan fingerprint density at radius 3 is 2.50 bits per heavy atom. The van der Waals surface area contributed by atoms with Crippen molar-refractivity contribution in [2.45, 2.75) is 0 Å². The third kappa shape index (κ3) is 1.50. The van der Waals surface area contributed by atoms with Crippen molar-refractivity contribution in [3.8, 4) is 5.69 Å². The van der Waals surface area contributed by atoms with Gasteiger partial charge in [0.25, 0.3) is 0 Å². The first-order valence-corrected chi connectivity index (χ1v) is 4.68. The van der Waals surface area contributed by atoms with E-state index < -0.39 is 0 Å². The van der Waals surface area contributed by atoms with Gasteiger partial charge in [0.2, 0.25) is 0 Å². The average Bonchev–Trinajstić information content (AvgIpc) is 2.58. The molecule has 2 aromatic rings. The summed E-state index contributed by atoms with van der Waals surface area (Å²) in [5.41, 5.74) is 1.15. The van der Waals surface area contributed by atoms with Crippen LogP contribution in [0.1, 0.15) is 0 Å². The van der Waals surface area contributed by atoms with Crippen molar-refractivity contribution >= 4 is 22.6 Å². The normalized spacial score (nSPS) is 10.1. The van der Waals surface area contributed by atoms with Crippen LogP contribution in [0.5, 0.6) is 0 Å². The van der Waals surface area contributed by atoms with Crippen LogP contribution in [0.4, 0.5) is 0 Å². The van der Waals surface area contributed by atoms with Crippen LogP contribution in [0, 0.1) is 3.57 Å². The SMILES string of the molecule is Ic1ccc(-n2ccnc2)cc1. The fourth-order valence-corrected chi connectivity index (χ4v) is 1.38. The summed E-state index contributed by atoms with van der Waals surface area (Å²) < 4.78 is 3.23. The van der Waals surface area contributed by atoms with Crippen LogP contribution in [-0.4, -0.2) is 9.55 Å². The predicted molar refractivity (Wildman–Crippen MR) is 56.3 cm³/mol. The second-order valence-electron chi connectivity index (χ2n) is 2.45. The summed E-state index contributed by atoms with van der Waals surface area (Å²) in [4.78, 5) is 3.98. The van der Waals surface area contributed by atoms with Gasteiger partial charge in [-0.25, -0.2) is 4.98 Å². The van der Waals surface area contributed by atoms with Crippen LogP contribution in [-0.2, 0) is 0 Å². The lowest BCUT2D eigenvalue weighted by atomic mass is 10.3. The lowest BCUT2D eigenvalue weighted by Crippen LogP contribution is -1.88. The van der Waals surface area contributed by atoms with Crippen molar-refractivity contribution in [3.05, 3.63) is 46.6 Å². The van der Waals surface area contributed by atoms with Crippen molar-refractivity contribution in [1.82, 2.24) is 9.55 Å². The maximum absolute atomic E-state index is 3.98. The molecule has 0 radical (unpaired) electrons. The van der Waals surface area contributed by atoms with Crippen LogP contribution in [0.15, 0.2) is 43.0 Å². The Hall–Kier alpha value is -0.840. The number of rotatable bonds is 1. The molecule has 0 unspecified atom stereocenters. The van der Waals surface area contributed by atoms with Gasteiger partial charge in [-0.2, -0.15) is 0 Å². The van der Waals surface area contributed by atoms with Crippen LogP contribution >= 0.6 is 22.6 Å². The van der Waals surface area contributed by atoms with E-state index in [0.29, 0.717) is 0 Å². The van der Waals surface area contributed by atoms with Crippen LogP contribution in [0.3, 0.4) is 0 Å². The van der Waals surface area contributed by atoms with E-state index in [-0.39, 0.29) is 0 Å². The Morgan fingerprint density at radius 2 is 1.92 bits per heavy atom. The van der Waals surface area contributed by atoms with Gasteiger partial charge in [0.05, 0.1) is 6.33 Å². The minimum absolute atomic E-state index is 1.15. The third-order valence-corrected chi connectivity index (χ3v) is 2.35. The summed E-state index contributed by atoms with van der Waals surface area (Å²) in [5, 5.41) is 0. The molecule has 12 heavy (non-hydrogen) atoms. The van der Waals surface area contributed by atoms with E-state index in [0.717, 1.165) is 5.69 Å². The lowest BCUT2D eigenvalue weighted by molar-refractivity contribution is 1.06. The number of benzene rings is 1. The average molecular weight is 270 g/mol. The van der Waals surface area contributed by atoms with Gasteiger partial charge < -0.3 is 4.57 Å². The molecule has 60 valence electrons. The third-order valence-electron chi connectivity index (χ3n) is 1.63. The van der Waals surface area contributed by atoms with Crippen LogP contribution in [0.2, 0.25) is 0 Å². The number of aromatic nitrogens is 2. The number of halogens is 1. The van der Waals surface area contributed by atoms with E-state index in [9.17, 15) is 0 Å². The maximum Gasteiger partial charge on any atom is 0.0991 e. The Bertz CT molecular complexity index is 351. The second-order valence-corrected chi connectivity index (χ2v) is 3.69. The summed E-state index contributed by atoms with van der Waals surface area (Å²) >= 11 is 2.29. The maximum atomic E-state index is 3.98. The molecule has 1 heterocycles. The van der Waals surface area contributed by atoms with Gasteiger partial charge in [0.1, 0.15) is 0 Å². The van der Waals surface area contributed by atoms with E-state index in [2.05, 4.69) is 51.8 Å². The Morgan fingerprint density at radius 1 is 1.17 bits per heavy atom. The van der Waals surface area contributed by atoms with E-state index in [1.54, 1.807) is 12.5 Å². The molecule has 0 atom stereocenters. The molecule has 3 heteroatoms. The highest BCUT2D eigenvalue weighted by molar-refractivity contribution is 14.1. The molecular formula is C9H7IN2. The second kappa shape index (κ2) is 3.26. The molecule has 0 aliphatic rings. The molecule has 0 spiro atoms. The Balaban J connectivity index is 2.43. The smallest absolute Gasteiger partial charge is 0.0991 e. The highest BCUT2D eigenvalue weighted by Gasteiger charge is 1.92. The molecule has 0 aliphatic carbocycles. The zero-order valence-electron chi connectivity index (χ0n) is 6.31. The highest BCUT2D eigenvalue weighted by Crippen LogP contribution is 2.10. The molecule has 0 amide bonds. The number of hydrogen-bond acceptors (Lipinski definition) is 1. The van der Waals surface area contributed by atoms with Gasteiger partial charge in [-0.3, -0.25) is 0 Å². The minimum atomic E-state index is 1.15. The van der Waals surface area contributed by atoms with E-state index >= 15 is 0 Å². The van der Waals surface area contributed by atoms with Gasteiger partial charge in [0.15, 0.2) is 0 Å². The molecular weight excluding hydrogens is 263 g/mol. The summed E-state index contributed by atoms with van der Waals surface area (Å²) in [5.74, 6) is 0. The zero-order chi connectivity index (χ0) is 8.39. The van der Waals surface area contributed by atoms with Gasteiger partial charge in [0, 0.05) is 21.7 Å². The minimum Gasteiger partial charge on any atom is -0.306 e. The van der Waals surface area contributed by atoms with Gasteiger partial charge in [-0.15, -0.1) is 0 Å². The predicted octanol–water partition coefficient (Wildman–Crippen LogP) is 2.48. The van der Waals surface area contributed by atoms with Gasteiger partial charge in [-0.05, 0) is 46.9 Å². The standard InChI is InChI=1S/C9H7IN2/c10-8-1-3-9(4-2-8)12-6-5-11-7-12/h1-7H.